The van der Waals surface area contributed by atoms with Crippen LogP contribution in [0.3, 0.4) is 0 Å². The third-order valence-electron chi connectivity index (χ3n) is 5.72. The molecule has 0 radical (unpaired) electrons. The molecular formula is C21H23FN2O3S. The number of hydrogen-bond acceptors (Lipinski definition) is 3. The number of carbonyl (C=O) groups excluding carboxylic acids is 1. The van der Waals surface area contributed by atoms with Crippen molar-refractivity contribution in [1.82, 2.24) is 9.62 Å². The molecule has 1 aliphatic heterocycles. The smallest absolute Gasteiger partial charge is 0.251 e. The SMILES string of the molecule is O=C(NCC1(c2ccc(F)cc2)CC1)c1ccc(S(=O)(=O)N2CCCC2)cc1. The molecule has 1 saturated carbocycles. The van der Waals surface area contributed by atoms with Crippen molar-refractivity contribution in [3.8, 4) is 0 Å². The van der Waals surface area contributed by atoms with Crippen LogP contribution in [-0.2, 0) is 15.4 Å². The van der Waals surface area contributed by atoms with Crippen molar-refractivity contribution in [2.24, 2.45) is 0 Å². The van der Waals surface area contributed by atoms with Crippen LogP contribution in [0.2, 0.25) is 0 Å². The van der Waals surface area contributed by atoms with E-state index in [0.29, 0.717) is 25.2 Å². The zero-order valence-corrected chi connectivity index (χ0v) is 16.3. The summed E-state index contributed by atoms with van der Waals surface area (Å²) in [5, 5.41) is 2.94. The predicted molar refractivity (Wildman–Crippen MR) is 104 cm³/mol. The molecule has 1 aliphatic carbocycles. The lowest BCUT2D eigenvalue weighted by molar-refractivity contribution is 0.0949. The number of nitrogens with zero attached hydrogens (tertiary/aromatic N) is 1. The number of nitrogens with one attached hydrogen (secondary N) is 1. The number of hydrogen-bond donors (Lipinski definition) is 1. The van der Waals surface area contributed by atoms with Gasteiger partial charge in [0, 0.05) is 30.6 Å². The molecule has 7 heteroatoms. The first-order valence-electron chi connectivity index (χ1n) is 9.55. The van der Waals surface area contributed by atoms with Gasteiger partial charge in [-0.15, -0.1) is 0 Å². The highest BCUT2D eigenvalue weighted by Crippen LogP contribution is 2.47. The Morgan fingerprint density at radius 1 is 1.00 bits per heavy atom. The molecular weight excluding hydrogens is 379 g/mol. The zero-order chi connectivity index (χ0) is 19.8. The summed E-state index contributed by atoms with van der Waals surface area (Å²) in [6.45, 7) is 1.58. The van der Waals surface area contributed by atoms with Crippen LogP contribution in [0.5, 0.6) is 0 Å². The van der Waals surface area contributed by atoms with E-state index in [9.17, 15) is 17.6 Å². The van der Waals surface area contributed by atoms with Gasteiger partial charge in [0.2, 0.25) is 10.0 Å². The maximum Gasteiger partial charge on any atom is 0.251 e. The molecule has 0 unspecified atom stereocenters. The van der Waals surface area contributed by atoms with Gasteiger partial charge in [-0.1, -0.05) is 12.1 Å². The average Bonchev–Trinajstić information content (AvgIpc) is 3.27. The van der Waals surface area contributed by atoms with Gasteiger partial charge < -0.3 is 5.32 Å². The van der Waals surface area contributed by atoms with Crippen LogP contribution in [0.1, 0.15) is 41.6 Å². The van der Waals surface area contributed by atoms with Crippen molar-refractivity contribution < 1.29 is 17.6 Å². The van der Waals surface area contributed by atoms with Crippen LogP contribution >= 0.6 is 0 Å². The molecule has 0 atom stereocenters. The van der Waals surface area contributed by atoms with Crippen LogP contribution in [0, 0.1) is 5.82 Å². The third-order valence-corrected chi connectivity index (χ3v) is 7.63. The van der Waals surface area contributed by atoms with E-state index in [4.69, 9.17) is 0 Å². The van der Waals surface area contributed by atoms with Gasteiger partial charge in [-0.05, 0) is 67.6 Å². The number of rotatable bonds is 6. The number of benzene rings is 2. The predicted octanol–water partition coefficient (Wildman–Crippen LogP) is 3.07. The van der Waals surface area contributed by atoms with Gasteiger partial charge in [-0.25, -0.2) is 12.8 Å². The average molecular weight is 402 g/mol. The monoisotopic (exact) mass is 402 g/mol. The Balaban J connectivity index is 1.41. The first-order valence-corrected chi connectivity index (χ1v) is 11.0. The second kappa shape index (κ2) is 7.29. The van der Waals surface area contributed by atoms with Gasteiger partial charge in [0.15, 0.2) is 0 Å². The maximum absolute atomic E-state index is 13.1. The molecule has 1 amide bonds. The van der Waals surface area contributed by atoms with Crippen molar-refractivity contribution in [3.63, 3.8) is 0 Å². The normalized spacial score (nSPS) is 18.8. The minimum absolute atomic E-state index is 0.123. The van der Waals surface area contributed by atoms with Gasteiger partial charge in [0.25, 0.3) is 5.91 Å². The quantitative estimate of drug-likeness (QED) is 0.808. The number of carbonyl (C=O) groups is 1. The molecule has 0 aromatic heterocycles. The number of sulfonamides is 1. The van der Waals surface area contributed by atoms with Crippen molar-refractivity contribution >= 4 is 15.9 Å². The van der Waals surface area contributed by atoms with Crippen LogP contribution in [0.4, 0.5) is 4.39 Å². The molecule has 28 heavy (non-hydrogen) atoms. The summed E-state index contributed by atoms with van der Waals surface area (Å²) in [6, 6.07) is 12.5. The fraction of sp³-hybridized carbons (Fsp3) is 0.381. The molecule has 0 spiro atoms. The van der Waals surface area contributed by atoms with Crippen molar-refractivity contribution in [1.29, 1.82) is 0 Å². The van der Waals surface area contributed by atoms with E-state index in [-0.39, 0.29) is 22.0 Å². The Hall–Kier alpha value is -2.25. The fourth-order valence-corrected chi connectivity index (χ4v) is 5.25. The molecule has 0 bridgehead atoms. The first-order chi connectivity index (χ1) is 13.4. The second-order valence-electron chi connectivity index (χ2n) is 7.61. The van der Waals surface area contributed by atoms with E-state index in [1.54, 1.807) is 24.3 Å². The molecule has 4 rings (SSSR count). The van der Waals surface area contributed by atoms with Gasteiger partial charge >= 0.3 is 0 Å². The van der Waals surface area contributed by atoms with Crippen LogP contribution < -0.4 is 5.32 Å². The third kappa shape index (κ3) is 3.69. The van der Waals surface area contributed by atoms with Gasteiger partial charge in [-0.2, -0.15) is 4.31 Å². The van der Waals surface area contributed by atoms with Crippen molar-refractivity contribution in [3.05, 3.63) is 65.5 Å². The summed E-state index contributed by atoms with van der Waals surface area (Å²) in [7, 11) is -3.48. The Labute approximate surface area is 164 Å². The molecule has 1 saturated heterocycles. The molecule has 2 aliphatic rings. The highest BCUT2D eigenvalue weighted by Gasteiger charge is 2.44. The van der Waals surface area contributed by atoms with Gasteiger partial charge in [0.1, 0.15) is 5.82 Å². The van der Waals surface area contributed by atoms with Gasteiger partial charge in [0.05, 0.1) is 4.90 Å². The van der Waals surface area contributed by atoms with E-state index >= 15 is 0 Å². The summed E-state index contributed by atoms with van der Waals surface area (Å²) in [5.41, 5.74) is 1.33. The molecule has 2 aromatic carbocycles. The molecule has 1 N–H and O–H groups in total. The fourth-order valence-electron chi connectivity index (χ4n) is 3.73. The summed E-state index contributed by atoms with van der Waals surface area (Å²) in [6.07, 6.45) is 3.67. The lowest BCUT2D eigenvalue weighted by Gasteiger charge is -2.17. The van der Waals surface area contributed by atoms with E-state index in [2.05, 4.69) is 5.32 Å². The molecule has 5 nitrogen and oxygen atoms in total. The largest absolute Gasteiger partial charge is 0.351 e. The highest BCUT2D eigenvalue weighted by molar-refractivity contribution is 7.89. The van der Waals surface area contributed by atoms with Crippen LogP contribution in [0.25, 0.3) is 0 Å². The Bertz CT molecular complexity index is 962. The second-order valence-corrected chi connectivity index (χ2v) is 9.54. The van der Waals surface area contributed by atoms with Crippen LogP contribution in [-0.4, -0.2) is 38.3 Å². The zero-order valence-electron chi connectivity index (χ0n) is 15.5. The minimum Gasteiger partial charge on any atom is -0.351 e. The summed E-state index contributed by atoms with van der Waals surface area (Å²) >= 11 is 0. The number of amides is 1. The van der Waals surface area contributed by atoms with E-state index < -0.39 is 10.0 Å². The lowest BCUT2D eigenvalue weighted by Crippen LogP contribution is -2.32. The Morgan fingerprint density at radius 2 is 1.61 bits per heavy atom. The highest BCUT2D eigenvalue weighted by atomic mass is 32.2. The number of halogens is 1. The summed E-state index contributed by atoms with van der Waals surface area (Å²) in [4.78, 5) is 12.7. The van der Waals surface area contributed by atoms with E-state index in [1.807, 2.05) is 0 Å². The lowest BCUT2D eigenvalue weighted by atomic mass is 9.96. The Morgan fingerprint density at radius 3 is 2.18 bits per heavy atom. The maximum atomic E-state index is 13.1. The molecule has 2 fully saturated rings. The summed E-state index contributed by atoms with van der Waals surface area (Å²) < 4.78 is 39.7. The van der Waals surface area contributed by atoms with Gasteiger partial charge in [-0.3, -0.25) is 4.79 Å². The van der Waals surface area contributed by atoms with E-state index in [1.165, 1.54) is 28.6 Å². The molecule has 1 heterocycles. The van der Waals surface area contributed by atoms with Crippen molar-refractivity contribution in [2.45, 2.75) is 36.0 Å². The topological polar surface area (TPSA) is 66.5 Å². The molecule has 2 aromatic rings. The molecule has 148 valence electrons. The van der Waals surface area contributed by atoms with E-state index in [0.717, 1.165) is 31.2 Å². The van der Waals surface area contributed by atoms with Crippen molar-refractivity contribution in [2.75, 3.05) is 19.6 Å². The van der Waals surface area contributed by atoms with Crippen LogP contribution in [0.15, 0.2) is 53.4 Å². The minimum atomic E-state index is -3.48. The summed E-state index contributed by atoms with van der Waals surface area (Å²) in [5.74, 6) is -0.508. The first kappa shape index (κ1) is 19.1. The Kier molecular flexibility index (Phi) is 4.97. The standard InChI is InChI=1S/C21H23FN2O3S/c22-18-7-5-17(6-8-18)21(11-12-21)15-23-20(25)16-3-9-19(10-4-16)28(26,27)24-13-1-2-14-24/h3-10H,1-2,11-15H2,(H,23,25).